The predicted molar refractivity (Wildman–Crippen MR) is 123 cm³/mol. The lowest BCUT2D eigenvalue weighted by molar-refractivity contribution is -0.120. The fourth-order valence-corrected chi connectivity index (χ4v) is 4.78. The van der Waals surface area contributed by atoms with E-state index in [9.17, 15) is 9.18 Å². The first kappa shape index (κ1) is 20.4. The van der Waals surface area contributed by atoms with Crippen LogP contribution in [0.15, 0.2) is 54.7 Å². The van der Waals surface area contributed by atoms with E-state index in [0.29, 0.717) is 12.8 Å². The van der Waals surface area contributed by atoms with Crippen molar-refractivity contribution in [2.75, 3.05) is 30.4 Å². The van der Waals surface area contributed by atoms with Crippen LogP contribution in [0, 0.1) is 11.7 Å². The molecule has 0 saturated carbocycles. The molecular weight excluding hydrogens is 429 g/mol. The van der Waals surface area contributed by atoms with Crippen LogP contribution in [0.1, 0.15) is 12.8 Å². The van der Waals surface area contributed by atoms with Crippen molar-refractivity contribution in [2.24, 2.45) is 5.92 Å². The highest BCUT2D eigenvalue weighted by atomic mass is 32.1. The molecule has 1 fully saturated rings. The Morgan fingerprint density at radius 3 is 2.59 bits per heavy atom. The second kappa shape index (κ2) is 8.58. The Balaban J connectivity index is 1.22. The highest BCUT2D eigenvalue weighted by molar-refractivity contribution is 7.20. The summed E-state index contributed by atoms with van der Waals surface area (Å²) in [5, 5.41) is 8.29. The van der Waals surface area contributed by atoms with Gasteiger partial charge in [0.2, 0.25) is 16.0 Å². The number of carbonyl (C=O) groups excluding carboxylic acids is 1. The maximum Gasteiger partial charge on any atom is 0.227 e. The van der Waals surface area contributed by atoms with Gasteiger partial charge in [-0.25, -0.2) is 13.9 Å². The fourth-order valence-electron chi connectivity index (χ4n) is 3.85. The molecule has 7 nitrogen and oxygen atoms in total. The molecule has 2 aromatic heterocycles. The van der Waals surface area contributed by atoms with Crippen molar-refractivity contribution < 1.29 is 13.9 Å². The number of halogens is 1. The molecule has 1 saturated heterocycles. The average molecular weight is 452 g/mol. The Kier molecular flexibility index (Phi) is 5.48. The number of hydrogen-bond acceptors (Lipinski definition) is 6. The number of fused-ring (bicyclic) bond motifs is 1. The van der Waals surface area contributed by atoms with Crippen LogP contribution in [-0.2, 0) is 4.79 Å². The van der Waals surface area contributed by atoms with Crippen LogP contribution in [0.5, 0.6) is 5.75 Å². The maximum atomic E-state index is 13.8. The topological polar surface area (TPSA) is 71.8 Å². The Morgan fingerprint density at radius 2 is 1.91 bits per heavy atom. The van der Waals surface area contributed by atoms with Crippen LogP contribution in [0.25, 0.3) is 16.2 Å². The van der Waals surface area contributed by atoms with Crippen LogP contribution in [-0.4, -0.2) is 40.7 Å². The minimum Gasteiger partial charge on any atom is -0.497 e. The number of piperidine rings is 1. The molecule has 1 amide bonds. The van der Waals surface area contributed by atoms with Gasteiger partial charge < -0.3 is 15.0 Å². The summed E-state index contributed by atoms with van der Waals surface area (Å²) in [7, 11) is 1.64. The number of aromatic nitrogens is 3. The highest BCUT2D eigenvalue weighted by Crippen LogP contribution is 2.30. The Hall–Kier alpha value is -3.46. The van der Waals surface area contributed by atoms with E-state index in [-0.39, 0.29) is 17.5 Å². The molecule has 1 N–H and O–H groups in total. The van der Waals surface area contributed by atoms with Gasteiger partial charge in [0, 0.05) is 24.6 Å². The molecule has 0 radical (unpaired) electrons. The Labute approximate surface area is 188 Å². The molecule has 5 rings (SSSR count). The second-order valence-electron chi connectivity index (χ2n) is 7.70. The van der Waals surface area contributed by atoms with Gasteiger partial charge in [0.05, 0.1) is 24.7 Å². The summed E-state index contributed by atoms with van der Waals surface area (Å²) in [4.78, 5) is 20.3. The number of anilines is 2. The van der Waals surface area contributed by atoms with E-state index >= 15 is 0 Å². The SMILES string of the molecule is COc1ccc(-c2cn3nc(N4CCC(C(=O)Nc5ccccc5F)CC4)sc3n2)cc1. The molecule has 0 bridgehead atoms. The van der Waals surface area contributed by atoms with Crippen molar-refractivity contribution in [3.8, 4) is 17.0 Å². The summed E-state index contributed by atoms with van der Waals surface area (Å²) in [5.41, 5.74) is 2.10. The van der Waals surface area contributed by atoms with Gasteiger partial charge in [-0.15, -0.1) is 5.10 Å². The van der Waals surface area contributed by atoms with Gasteiger partial charge in [0.15, 0.2) is 0 Å². The summed E-state index contributed by atoms with van der Waals surface area (Å²) in [6.45, 7) is 1.44. The summed E-state index contributed by atoms with van der Waals surface area (Å²) >= 11 is 1.53. The second-order valence-corrected chi connectivity index (χ2v) is 8.63. The van der Waals surface area contributed by atoms with E-state index in [4.69, 9.17) is 9.72 Å². The zero-order valence-electron chi connectivity index (χ0n) is 17.5. The molecule has 0 atom stereocenters. The summed E-state index contributed by atoms with van der Waals surface area (Å²) in [5.74, 6) is 0.115. The molecule has 1 aliphatic heterocycles. The number of nitrogens with zero attached hydrogens (tertiary/aromatic N) is 4. The van der Waals surface area contributed by atoms with Crippen LogP contribution in [0.2, 0.25) is 0 Å². The van der Waals surface area contributed by atoms with E-state index < -0.39 is 5.82 Å². The van der Waals surface area contributed by atoms with Crippen LogP contribution < -0.4 is 15.0 Å². The van der Waals surface area contributed by atoms with Crippen molar-refractivity contribution in [3.05, 3.63) is 60.5 Å². The third kappa shape index (κ3) is 4.03. The van der Waals surface area contributed by atoms with Crippen molar-refractivity contribution >= 4 is 33.0 Å². The third-order valence-electron chi connectivity index (χ3n) is 5.69. The van der Waals surface area contributed by atoms with Gasteiger partial charge in [0.25, 0.3) is 0 Å². The molecule has 4 aromatic rings. The first-order valence-electron chi connectivity index (χ1n) is 10.4. The maximum absolute atomic E-state index is 13.8. The average Bonchev–Trinajstić information content (AvgIpc) is 3.40. The van der Waals surface area contributed by atoms with Crippen LogP contribution in [0.4, 0.5) is 15.2 Å². The van der Waals surface area contributed by atoms with Crippen molar-refractivity contribution in [2.45, 2.75) is 12.8 Å². The highest BCUT2D eigenvalue weighted by Gasteiger charge is 2.27. The van der Waals surface area contributed by atoms with E-state index in [1.54, 1.807) is 29.8 Å². The molecule has 9 heteroatoms. The largest absolute Gasteiger partial charge is 0.497 e. The van der Waals surface area contributed by atoms with E-state index in [2.05, 4.69) is 15.3 Å². The normalized spacial score (nSPS) is 14.6. The number of carbonyl (C=O) groups is 1. The monoisotopic (exact) mass is 451 g/mol. The zero-order chi connectivity index (χ0) is 22.1. The summed E-state index contributed by atoms with van der Waals surface area (Å²) < 4.78 is 20.8. The third-order valence-corrected chi connectivity index (χ3v) is 6.67. The molecule has 3 heterocycles. The van der Waals surface area contributed by atoms with Crippen molar-refractivity contribution in [1.29, 1.82) is 0 Å². The lowest BCUT2D eigenvalue weighted by Crippen LogP contribution is -2.38. The standard InChI is InChI=1S/C23H22FN5O2S/c1-31-17-8-6-15(7-9-17)20-14-29-22(26-20)32-23(27-29)28-12-10-16(11-13-28)21(30)25-19-5-3-2-4-18(19)24/h2-9,14,16H,10-13H2,1H3,(H,25,30). The number of amides is 1. The molecule has 0 spiro atoms. The van der Waals surface area contributed by atoms with Gasteiger partial charge in [-0.05, 0) is 49.2 Å². The number of benzene rings is 2. The van der Waals surface area contributed by atoms with Gasteiger partial charge >= 0.3 is 0 Å². The van der Waals surface area contributed by atoms with Crippen molar-refractivity contribution in [1.82, 2.24) is 14.6 Å². The fraction of sp³-hybridized carbons (Fsp3) is 0.261. The minimum atomic E-state index is -0.418. The molecule has 2 aromatic carbocycles. The minimum absolute atomic E-state index is 0.132. The number of rotatable bonds is 5. The smallest absolute Gasteiger partial charge is 0.227 e. The first-order chi connectivity index (χ1) is 15.6. The van der Waals surface area contributed by atoms with Crippen LogP contribution >= 0.6 is 11.3 Å². The van der Waals surface area contributed by atoms with Gasteiger partial charge in [0.1, 0.15) is 11.6 Å². The number of methoxy groups -OCH3 is 1. The quantitative estimate of drug-likeness (QED) is 0.485. The number of para-hydroxylation sites is 1. The van der Waals surface area contributed by atoms with Crippen LogP contribution in [0.3, 0.4) is 0 Å². The molecule has 0 unspecified atom stereocenters. The molecule has 32 heavy (non-hydrogen) atoms. The summed E-state index contributed by atoms with van der Waals surface area (Å²) in [6, 6.07) is 14.0. The first-order valence-corrected chi connectivity index (χ1v) is 11.2. The van der Waals surface area contributed by atoms with Gasteiger partial charge in [-0.3, -0.25) is 4.79 Å². The predicted octanol–water partition coefficient (Wildman–Crippen LogP) is 4.46. The van der Waals surface area contributed by atoms with E-state index in [0.717, 1.165) is 40.2 Å². The summed E-state index contributed by atoms with van der Waals surface area (Å²) in [6.07, 6.45) is 3.31. The molecule has 1 aliphatic rings. The van der Waals surface area contributed by atoms with Gasteiger partial charge in [-0.2, -0.15) is 0 Å². The number of ether oxygens (including phenoxy) is 1. The van der Waals surface area contributed by atoms with E-state index in [1.165, 1.54) is 17.4 Å². The lowest BCUT2D eigenvalue weighted by Gasteiger charge is -2.30. The molecular formula is C23H22FN5O2S. The van der Waals surface area contributed by atoms with E-state index in [1.807, 2.05) is 30.5 Å². The zero-order valence-corrected chi connectivity index (χ0v) is 18.3. The number of nitrogens with one attached hydrogen (secondary N) is 1. The Morgan fingerprint density at radius 1 is 1.16 bits per heavy atom. The Bertz CT molecular complexity index is 1210. The van der Waals surface area contributed by atoms with Crippen molar-refractivity contribution in [3.63, 3.8) is 0 Å². The number of imidazole rings is 1. The number of hydrogen-bond donors (Lipinski definition) is 1. The molecule has 164 valence electrons. The lowest BCUT2D eigenvalue weighted by atomic mass is 9.96. The molecule has 0 aliphatic carbocycles. The van der Waals surface area contributed by atoms with Gasteiger partial charge in [-0.1, -0.05) is 23.5 Å².